The van der Waals surface area contributed by atoms with E-state index in [0.717, 1.165) is 6.42 Å². The van der Waals surface area contributed by atoms with Gasteiger partial charge in [0.25, 0.3) is 5.97 Å². The van der Waals surface area contributed by atoms with Gasteiger partial charge in [0.15, 0.2) is 0 Å². The average molecular weight is 355 g/mol. The molecule has 0 aromatic rings. The summed E-state index contributed by atoms with van der Waals surface area (Å²) in [5, 5.41) is 0. The van der Waals surface area contributed by atoms with Gasteiger partial charge < -0.3 is 4.43 Å². The number of rotatable bonds is 19. The van der Waals surface area contributed by atoms with Gasteiger partial charge in [-0.2, -0.15) is 0 Å². The summed E-state index contributed by atoms with van der Waals surface area (Å²) < 4.78 is 4.96. The van der Waals surface area contributed by atoms with E-state index in [9.17, 15) is 4.79 Å². The summed E-state index contributed by atoms with van der Waals surface area (Å²) >= 11 is 0. The lowest BCUT2D eigenvalue weighted by Gasteiger charge is -2.04. The second-order valence-corrected chi connectivity index (χ2v) is 7.70. The highest BCUT2D eigenvalue weighted by atomic mass is 28.2. The maximum Gasteiger partial charge on any atom is 0.311 e. The molecule has 0 rings (SSSR count). The summed E-state index contributed by atoms with van der Waals surface area (Å²) in [6.45, 7) is 4.18. The molecule has 0 unspecified atom stereocenters. The largest absolute Gasteiger partial charge is 0.517 e. The minimum atomic E-state index is -0.0169. The highest BCUT2D eigenvalue weighted by Gasteiger charge is 2.00. The van der Waals surface area contributed by atoms with Crippen molar-refractivity contribution in [1.82, 2.24) is 0 Å². The van der Waals surface area contributed by atoms with Crippen molar-refractivity contribution in [2.24, 2.45) is 0 Å². The summed E-state index contributed by atoms with van der Waals surface area (Å²) in [6.07, 6.45) is 23.9. The van der Waals surface area contributed by atoms with Crippen LogP contribution in [0.4, 0.5) is 0 Å². The molecule has 0 aromatic heterocycles. The first kappa shape index (κ1) is 23.7. The lowest BCUT2D eigenvalue weighted by atomic mass is 10.0. The SMILES string of the molecule is CCCCCCCCCCCCCCCCCCCC(=O)O[Si]C. The molecule has 0 amide bonds. The van der Waals surface area contributed by atoms with Crippen molar-refractivity contribution >= 4 is 15.7 Å². The first-order valence-corrected chi connectivity index (χ1v) is 12.1. The van der Waals surface area contributed by atoms with Gasteiger partial charge in [0, 0.05) is 6.42 Å². The molecular formula is C21H42O2Si. The van der Waals surface area contributed by atoms with Crippen molar-refractivity contribution in [3.05, 3.63) is 0 Å². The Hall–Kier alpha value is -0.313. The van der Waals surface area contributed by atoms with Crippen LogP contribution in [0.5, 0.6) is 0 Å². The number of hydrogen-bond acceptors (Lipinski definition) is 2. The van der Waals surface area contributed by atoms with Crippen molar-refractivity contribution in [1.29, 1.82) is 0 Å². The number of carbonyl (C=O) groups excluding carboxylic acids is 1. The standard InChI is InChI=1S/C21H42O2Si/c1-3-4-5-6-7-8-9-10-11-12-13-14-15-16-17-18-19-20-21(22)23-24-2/h3-20H2,1-2H3. The van der Waals surface area contributed by atoms with Crippen molar-refractivity contribution in [2.45, 2.75) is 129 Å². The second kappa shape index (κ2) is 20.7. The first-order valence-electron chi connectivity index (χ1n) is 10.7. The molecular weight excluding hydrogens is 312 g/mol. The summed E-state index contributed by atoms with van der Waals surface area (Å²) in [5.41, 5.74) is 0. The summed E-state index contributed by atoms with van der Waals surface area (Å²) in [4.78, 5) is 11.2. The van der Waals surface area contributed by atoms with E-state index in [2.05, 4.69) is 6.92 Å². The zero-order chi connectivity index (χ0) is 17.7. The lowest BCUT2D eigenvalue weighted by Crippen LogP contribution is -2.05. The summed E-state index contributed by atoms with van der Waals surface area (Å²) in [6, 6.07) is 0. The Morgan fingerprint density at radius 3 is 1.29 bits per heavy atom. The average Bonchev–Trinajstić information content (AvgIpc) is 2.58. The Balaban J connectivity index is 3.01. The van der Waals surface area contributed by atoms with Gasteiger partial charge in [-0.15, -0.1) is 0 Å². The van der Waals surface area contributed by atoms with E-state index in [0.29, 0.717) is 16.2 Å². The minimum absolute atomic E-state index is 0.0169. The predicted molar refractivity (Wildman–Crippen MR) is 106 cm³/mol. The van der Waals surface area contributed by atoms with Gasteiger partial charge >= 0.3 is 9.76 Å². The van der Waals surface area contributed by atoms with Crippen LogP contribution in [0, 0.1) is 0 Å². The van der Waals surface area contributed by atoms with E-state index in [1.807, 2.05) is 6.55 Å². The third kappa shape index (κ3) is 19.7. The van der Waals surface area contributed by atoms with Crippen LogP contribution in [0.3, 0.4) is 0 Å². The van der Waals surface area contributed by atoms with Gasteiger partial charge in [-0.1, -0.05) is 110 Å². The van der Waals surface area contributed by atoms with Gasteiger partial charge in [0.1, 0.15) is 0 Å². The molecule has 0 aliphatic rings. The highest BCUT2D eigenvalue weighted by Crippen LogP contribution is 2.14. The molecule has 0 saturated carbocycles. The van der Waals surface area contributed by atoms with E-state index < -0.39 is 0 Å². The highest BCUT2D eigenvalue weighted by molar-refractivity contribution is 6.28. The van der Waals surface area contributed by atoms with Gasteiger partial charge in [0.2, 0.25) is 0 Å². The predicted octanol–water partition coefficient (Wildman–Crippen LogP) is 7.24. The Kier molecular flexibility index (Phi) is 20.5. The fourth-order valence-electron chi connectivity index (χ4n) is 3.16. The van der Waals surface area contributed by atoms with Crippen molar-refractivity contribution < 1.29 is 9.22 Å². The monoisotopic (exact) mass is 354 g/mol. The Morgan fingerprint density at radius 2 is 0.958 bits per heavy atom. The minimum Gasteiger partial charge on any atom is -0.517 e. The molecule has 0 bridgehead atoms. The fourth-order valence-corrected chi connectivity index (χ4v) is 3.49. The Morgan fingerprint density at radius 1 is 0.625 bits per heavy atom. The fraction of sp³-hybridized carbons (Fsp3) is 0.952. The quantitative estimate of drug-likeness (QED) is 0.180. The van der Waals surface area contributed by atoms with Crippen LogP contribution in [-0.2, 0) is 9.22 Å². The lowest BCUT2D eigenvalue weighted by molar-refractivity contribution is -0.134. The Bertz CT molecular complexity index is 256. The molecule has 0 aromatic carbocycles. The first-order chi connectivity index (χ1) is 11.8. The Labute approximate surface area is 154 Å². The number of hydrogen-bond donors (Lipinski definition) is 0. The van der Waals surface area contributed by atoms with E-state index in [1.165, 1.54) is 103 Å². The maximum absolute atomic E-state index is 11.2. The van der Waals surface area contributed by atoms with Crippen LogP contribution < -0.4 is 0 Å². The zero-order valence-electron chi connectivity index (χ0n) is 16.5. The third-order valence-corrected chi connectivity index (χ3v) is 5.13. The van der Waals surface area contributed by atoms with E-state index in [-0.39, 0.29) is 5.97 Å². The van der Waals surface area contributed by atoms with E-state index >= 15 is 0 Å². The third-order valence-electron chi connectivity index (χ3n) is 4.70. The van der Waals surface area contributed by atoms with Crippen molar-refractivity contribution in [2.75, 3.05) is 0 Å². The number of unbranched alkanes of at least 4 members (excludes halogenated alkanes) is 16. The van der Waals surface area contributed by atoms with Gasteiger partial charge in [-0.25, -0.2) is 0 Å². The molecule has 2 nitrogen and oxygen atoms in total. The van der Waals surface area contributed by atoms with E-state index in [1.54, 1.807) is 0 Å². The maximum atomic E-state index is 11.2. The second-order valence-electron chi connectivity index (χ2n) is 7.09. The van der Waals surface area contributed by atoms with Crippen molar-refractivity contribution in [3.8, 4) is 0 Å². The molecule has 0 heterocycles. The van der Waals surface area contributed by atoms with E-state index in [4.69, 9.17) is 4.43 Å². The van der Waals surface area contributed by atoms with Crippen molar-refractivity contribution in [3.63, 3.8) is 0 Å². The number of carbonyl (C=O) groups is 1. The molecule has 0 aliphatic heterocycles. The van der Waals surface area contributed by atoms with Crippen LogP contribution >= 0.6 is 0 Å². The molecule has 0 atom stereocenters. The van der Waals surface area contributed by atoms with Crippen LogP contribution in [-0.4, -0.2) is 15.7 Å². The summed E-state index contributed by atoms with van der Waals surface area (Å²) in [7, 11) is 0.299. The molecule has 3 heteroatoms. The molecule has 0 spiro atoms. The van der Waals surface area contributed by atoms with Crippen LogP contribution in [0.2, 0.25) is 6.55 Å². The van der Waals surface area contributed by atoms with Gasteiger partial charge in [-0.05, 0) is 13.0 Å². The molecule has 24 heavy (non-hydrogen) atoms. The van der Waals surface area contributed by atoms with Gasteiger partial charge in [-0.3, -0.25) is 4.79 Å². The normalized spacial score (nSPS) is 10.9. The molecule has 142 valence electrons. The van der Waals surface area contributed by atoms with Crippen LogP contribution in [0.15, 0.2) is 0 Å². The summed E-state index contributed by atoms with van der Waals surface area (Å²) in [5.74, 6) is -0.0169. The molecule has 0 N–H and O–H groups in total. The topological polar surface area (TPSA) is 26.3 Å². The smallest absolute Gasteiger partial charge is 0.311 e. The molecule has 0 saturated heterocycles. The van der Waals surface area contributed by atoms with Gasteiger partial charge in [0.05, 0.1) is 0 Å². The zero-order valence-corrected chi connectivity index (χ0v) is 17.5. The van der Waals surface area contributed by atoms with Crippen LogP contribution in [0.1, 0.15) is 122 Å². The molecule has 0 aliphatic carbocycles. The molecule has 0 fully saturated rings. The van der Waals surface area contributed by atoms with Crippen LogP contribution in [0.25, 0.3) is 0 Å². The molecule has 2 radical (unpaired) electrons.